The summed E-state index contributed by atoms with van der Waals surface area (Å²) >= 11 is 0. The minimum Gasteiger partial charge on any atom is -0.339 e. The first-order valence-corrected chi connectivity index (χ1v) is 7.60. The van der Waals surface area contributed by atoms with Gasteiger partial charge in [0.2, 0.25) is 11.8 Å². The van der Waals surface area contributed by atoms with Crippen molar-refractivity contribution in [1.29, 1.82) is 0 Å². The molecule has 5 nitrogen and oxygen atoms in total. The number of likely N-dealkylation sites (N-methyl/N-ethyl adjacent to an activating group) is 1. The van der Waals surface area contributed by atoms with Crippen LogP contribution < -0.4 is 4.90 Å². The lowest BCUT2D eigenvalue weighted by atomic mass is 10.0. The Morgan fingerprint density at radius 3 is 2.64 bits per heavy atom. The van der Waals surface area contributed by atoms with Gasteiger partial charge < -0.3 is 9.80 Å². The number of nitrogens with zero attached hydrogens (tertiary/aromatic N) is 3. The summed E-state index contributed by atoms with van der Waals surface area (Å²) in [5.41, 5.74) is 1.08. The number of rotatable bonds is 2. The fourth-order valence-corrected chi connectivity index (χ4v) is 3.02. The van der Waals surface area contributed by atoms with Gasteiger partial charge in [-0.05, 0) is 25.1 Å². The summed E-state index contributed by atoms with van der Waals surface area (Å²) < 4.78 is 14.1. The number of amides is 2. The zero-order chi connectivity index (χ0) is 15.7. The molecule has 2 amide bonds. The highest BCUT2D eigenvalue weighted by atomic mass is 19.1. The van der Waals surface area contributed by atoms with E-state index in [1.807, 2.05) is 13.1 Å². The van der Waals surface area contributed by atoms with Gasteiger partial charge in [-0.25, -0.2) is 4.39 Å². The van der Waals surface area contributed by atoms with Crippen LogP contribution in [0.15, 0.2) is 18.2 Å². The van der Waals surface area contributed by atoms with Crippen molar-refractivity contribution in [1.82, 2.24) is 9.80 Å². The Morgan fingerprint density at radius 1 is 1.18 bits per heavy atom. The summed E-state index contributed by atoms with van der Waals surface area (Å²) in [7, 11) is 2.02. The molecular weight excluding hydrogens is 285 g/mol. The van der Waals surface area contributed by atoms with E-state index in [1.165, 1.54) is 11.0 Å². The van der Waals surface area contributed by atoms with Crippen molar-refractivity contribution in [3.63, 3.8) is 0 Å². The molecule has 0 aromatic heterocycles. The summed E-state index contributed by atoms with van der Waals surface area (Å²) in [6, 6.07) is 4.80. The fraction of sp³-hybridized carbons (Fsp3) is 0.500. The van der Waals surface area contributed by atoms with Crippen LogP contribution in [0.4, 0.5) is 10.1 Å². The molecular formula is C16H20FN3O2. The van der Waals surface area contributed by atoms with E-state index in [4.69, 9.17) is 0 Å². The zero-order valence-electron chi connectivity index (χ0n) is 12.7. The molecule has 0 spiro atoms. The van der Waals surface area contributed by atoms with E-state index >= 15 is 0 Å². The number of benzene rings is 1. The largest absolute Gasteiger partial charge is 0.339 e. The number of fused-ring (bicyclic) bond motifs is 1. The Hall–Kier alpha value is -1.95. The molecule has 6 heteroatoms. The topological polar surface area (TPSA) is 43.9 Å². The molecule has 2 aliphatic rings. The Balaban J connectivity index is 1.77. The molecule has 0 atom stereocenters. The van der Waals surface area contributed by atoms with Crippen LogP contribution in [-0.4, -0.2) is 61.4 Å². The van der Waals surface area contributed by atoms with Crippen LogP contribution in [0.25, 0.3) is 0 Å². The van der Waals surface area contributed by atoms with Crippen molar-refractivity contribution in [3.05, 3.63) is 29.6 Å². The van der Waals surface area contributed by atoms with Crippen LogP contribution >= 0.6 is 0 Å². The second-order valence-electron chi connectivity index (χ2n) is 5.91. The highest BCUT2D eigenvalue weighted by Gasteiger charge is 2.30. The van der Waals surface area contributed by atoms with Crippen LogP contribution in [-0.2, 0) is 16.0 Å². The molecule has 0 N–H and O–H groups in total. The van der Waals surface area contributed by atoms with Crippen LogP contribution in [0.5, 0.6) is 0 Å². The van der Waals surface area contributed by atoms with Crippen molar-refractivity contribution >= 4 is 17.5 Å². The maximum absolute atomic E-state index is 14.1. The monoisotopic (exact) mass is 305 g/mol. The Labute approximate surface area is 129 Å². The van der Waals surface area contributed by atoms with Gasteiger partial charge in [0.1, 0.15) is 12.4 Å². The number of anilines is 1. The second-order valence-corrected chi connectivity index (χ2v) is 5.91. The van der Waals surface area contributed by atoms with E-state index in [1.54, 1.807) is 11.0 Å². The molecule has 1 fully saturated rings. The van der Waals surface area contributed by atoms with Gasteiger partial charge in [-0.1, -0.05) is 12.1 Å². The summed E-state index contributed by atoms with van der Waals surface area (Å²) in [4.78, 5) is 29.8. The molecule has 1 aromatic carbocycles. The van der Waals surface area contributed by atoms with Crippen molar-refractivity contribution in [2.24, 2.45) is 0 Å². The van der Waals surface area contributed by atoms with Gasteiger partial charge in [-0.2, -0.15) is 0 Å². The number of hydrogen-bond acceptors (Lipinski definition) is 3. The molecule has 1 saturated heterocycles. The number of hydrogen-bond donors (Lipinski definition) is 0. The average molecular weight is 305 g/mol. The first-order valence-electron chi connectivity index (χ1n) is 7.60. The predicted molar refractivity (Wildman–Crippen MR) is 81.2 cm³/mol. The number of carbonyl (C=O) groups excluding carboxylic acids is 2. The van der Waals surface area contributed by atoms with Crippen molar-refractivity contribution in [2.75, 3.05) is 44.7 Å². The minimum atomic E-state index is -0.434. The van der Waals surface area contributed by atoms with Crippen molar-refractivity contribution in [2.45, 2.75) is 12.8 Å². The third-order valence-corrected chi connectivity index (χ3v) is 4.40. The zero-order valence-corrected chi connectivity index (χ0v) is 12.7. The quantitative estimate of drug-likeness (QED) is 0.815. The summed E-state index contributed by atoms with van der Waals surface area (Å²) in [5.74, 6) is -0.727. The van der Waals surface area contributed by atoms with E-state index in [0.717, 1.165) is 18.7 Å². The molecule has 2 aliphatic heterocycles. The van der Waals surface area contributed by atoms with Crippen LogP contribution in [0, 0.1) is 5.82 Å². The number of piperazine rings is 1. The maximum atomic E-state index is 14.1. The molecule has 118 valence electrons. The first-order chi connectivity index (χ1) is 10.6. The molecule has 0 aliphatic carbocycles. The lowest BCUT2D eigenvalue weighted by Crippen LogP contribution is -2.51. The van der Waals surface area contributed by atoms with Gasteiger partial charge in [-0.3, -0.25) is 14.5 Å². The van der Waals surface area contributed by atoms with Crippen LogP contribution in [0.1, 0.15) is 12.0 Å². The smallest absolute Gasteiger partial charge is 0.242 e. The Bertz CT molecular complexity index is 597. The van der Waals surface area contributed by atoms with E-state index in [2.05, 4.69) is 4.90 Å². The number of halogens is 1. The standard InChI is InChI=1S/C16H20FN3O2/c1-18-7-9-19(10-8-18)15(22)11-20-14(21)6-5-12-3-2-4-13(17)16(12)20/h2-4H,5-11H2,1H3. The summed E-state index contributed by atoms with van der Waals surface area (Å²) in [6.07, 6.45) is 0.859. The predicted octanol–water partition coefficient (Wildman–Crippen LogP) is 0.879. The van der Waals surface area contributed by atoms with Gasteiger partial charge in [0.05, 0.1) is 5.69 Å². The van der Waals surface area contributed by atoms with Crippen molar-refractivity contribution in [3.8, 4) is 0 Å². The molecule has 0 radical (unpaired) electrons. The highest BCUT2D eigenvalue weighted by molar-refractivity contribution is 6.01. The molecule has 1 aromatic rings. The van der Waals surface area contributed by atoms with Crippen molar-refractivity contribution < 1.29 is 14.0 Å². The first kappa shape index (κ1) is 15.0. The average Bonchev–Trinajstić information content (AvgIpc) is 2.51. The minimum absolute atomic E-state index is 0.0729. The van der Waals surface area contributed by atoms with E-state index < -0.39 is 5.82 Å². The van der Waals surface area contributed by atoms with Crippen LogP contribution in [0.2, 0.25) is 0 Å². The van der Waals surface area contributed by atoms with Gasteiger partial charge in [0.15, 0.2) is 0 Å². The highest BCUT2D eigenvalue weighted by Crippen LogP contribution is 2.30. The van der Waals surface area contributed by atoms with E-state index in [-0.39, 0.29) is 24.0 Å². The van der Waals surface area contributed by atoms with E-state index in [9.17, 15) is 14.0 Å². The maximum Gasteiger partial charge on any atom is 0.242 e. The number of para-hydroxylation sites is 1. The second kappa shape index (κ2) is 6.04. The summed E-state index contributed by atoms with van der Waals surface area (Å²) in [5, 5.41) is 0. The molecule has 0 saturated carbocycles. The molecule has 0 bridgehead atoms. The third kappa shape index (κ3) is 2.83. The molecule has 22 heavy (non-hydrogen) atoms. The molecule has 2 heterocycles. The molecule has 0 unspecified atom stereocenters. The number of aryl methyl sites for hydroxylation is 1. The third-order valence-electron chi connectivity index (χ3n) is 4.40. The lowest BCUT2D eigenvalue weighted by Gasteiger charge is -2.35. The Kier molecular flexibility index (Phi) is 4.11. The SMILES string of the molecule is CN1CCN(C(=O)CN2C(=O)CCc3cccc(F)c32)CC1. The van der Waals surface area contributed by atoms with Crippen LogP contribution in [0.3, 0.4) is 0 Å². The Morgan fingerprint density at radius 2 is 1.91 bits per heavy atom. The molecule has 3 rings (SSSR count). The van der Waals surface area contributed by atoms with Gasteiger partial charge >= 0.3 is 0 Å². The lowest BCUT2D eigenvalue weighted by molar-refractivity contribution is -0.132. The fourth-order valence-electron chi connectivity index (χ4n) is 3.02. The van der Waals surface area contributed by atoms with Gasteiger partial charge in [-0.15, -0.1) is 0 Å². The van der Waals surface area contributed by atoms with E-state index in [0.29, 0.717) is 25.9 Å². The summed E-state index contributed by atoms with van der Waals surface area (Å²) in [6.45, 7) is 2.88. The number of carbonyl (C=O) groups is 2. The normalized spacial score (nSPS) is 19.3. The van der Waals surface area contributed by atoms with Gasteiger partial charge in [0, 0.05) is 32.6 Å². The van der Waals surface area contributed by atoms with Gasteiger partial charge in [0.25, 0.3) is 0 Å².